The van der Waals surface area contributed by atoms with Gasteiger partial charge < -0.3 is 23.9 Å². The summed E-state index contributed by atoms with van der Waals surface area (Å²) in [6.07, 6.45) is 3.10. The third-order valence-electron chi connectivity index (χ3n) is 5.34. The highest BCUT2D eigenvalue weighted by atomic mass is 35.5. The van der Waals surface area contributed by atoms with E-state index in [2.05, 4.69) is 4.98 Å². The minimum atomic E-state index is -0.817. The van der Waals surface area contributed by atoms with Gasteiger partial charge in [0.2, 0.25) is 5.78 Å². The van der Waals surface area contributed by atoms with Gasteiger partial charge in [-0.3, -0.25) is 14.6 Å². The molecular weight excluding hydrogens is 448 g/mol. The Labute approximate surface area is 195 Å². The number of Topliss-reactive ketones (excluding diaryl/α,β-unsaturated/α-hetero) is 1. The normalized spacial score (nSPS) is 16.3. The number of halogens is 1. The summed E-state index contributed by atoms with van der Waals surface area (Å²) in [5.74, 6) is -1.54. The van der Waals surface area contributed by atoms with Crippen LogP contribution in [0.25, 0.3) is 11.0 Å². The monoisotopic (exact) mass is 470 g/mol. The molecule has 9 heteroatoms. The molecule has 1 aromatic carbocycles. The Morgan fingerprint density at radius 3 is 2.67 bits per heavy atom. The van der Waals surface area contributed by atoms with E-state index in [1.54, 1.807) is 36.7 Å². The van der Waals surface area contributed by atoms with Crippen LogP contribution in [0.5, 0.6) is 5.75 Å². The van der Waals surface area contributed by atoms with Gasteiger partial charge in [-0.05, 0) is 43.7 Å². The summed E-state index contributed by atoms with van der Waals surface area (Å²) in [5.41, 5.74) is 0.907. The predicted molar refractivity (Wildman–Crippen MR) is 122 cm³/mol. The molecule has 2 aromatic heterocycles. The first-order chi connectivity index (χ1) is 15.8. The summed E-state index contributed by atoms with van der Waals surface area (Å²) in [7, 11) is 1.47. The van der Waals surface area contributed by atoms with Gasteiger partial charge in [0, 0.05) is 35.4 Å². The summed E-state index contributed by atoms with van der Waals surface area (Å²) in [6, 6.07) is 7.31. The molecule has 0 aliphatic carbocycles. The molecule has 0 saturated carbocycles. The zero-order chi connectivity index (χ0) is 23.7. The maximum Gasteiger partial charge on any atom is 0.290 e. The largest absolute Gasteiger partial charge is 0.503 e. The molecule has 1 atom stereocenters. The fourth-order valence-electron chi connectivity index (χ4n) is 3.88. The molecule has 3 aromatic rings. The van der Waals surface area contributed by atoms with Gasteiger partial charge >= 0.3 is 0 Å². The second-order valence-electron chi connectivity index (χ2n) is 7.83. The average molecular weight is 471 g/mol. The lowest BCUT2D eigenvalue weighted by Crippen LogP contribution is -2.34. The Hall–Kier alpha value is -3.36. The summed E-state index contributed by atoms with van der Waals surface area (Å²) in [4.78, 5) is 31.9. The smallest absolute Gasteiger partial charge is 0.290 e. The van der Waals surface area contributed by atoms with Gasteiger partial charge in [-0.15, -0.1) is 0 Å². The molecule has 172 valence electrons. The molecule has 1 unspecified atom stereocenters. The van der Waals surface area contributed by atoms with E-state index in [1.165, 1.54) is 18.1 Å². The molecule has 1 N–H and O–H groups in total. The number of benzene rings is 1. The van der Waals surface area contributed by atoms with Gasteiger partial charge in [0.15, 0.2) is 22.9 Å². The molecule has 4 rings (SSSR count). The van der Waals surface area contributed by atoms with E-state index >= 15 is 0 Å². The van der Waals surface area contributed by atoms with E-state index in [1.807, 2.05) is 13.8 Å². The lowest BCUT2D eigenvalue weighted by molar-refractivity contribution is -0.130. The van der Waals surface area contributed by atoms with Crippen molar-refractivity contribution in [3.63, 3.8) is 0 Å². The molecule has 3 heterocycles. The number of hydrogen-bond acceptors (Lipinski definition) is 7. The van der Waals surface area contributed by atoms with Gasteiger partial charge in [-0.25, -0.2) is 0 Å². The number of furan rings is 1. The maximum absolute atomic E-state index is 13.6. The summed E-state index contributed by atoms with van der Waals surface area (Å²) >= 11 is 6.13. The topological polar surface area (TPSA) is 102 Å². The van der Waals surface area contributed by atoms with Crippen molar-refractivity contribution < 1.29 is 28.6 Å². The van der Waals surface area contributed by atoms with Gasteiger partial charge in [-0.2, -0.15) is 0 Å². The molecule has 0 fully saturated rings. The number of nitrogens with zero attached hydrogens (tertiary/aromatic N) is 2. The molecule has 0 spiro atoms. The van der Waals surface area contributed by atoms with E-state index in [-0.39, 0.29) is 30.6 Å². The standard InChI is InChI=1S/C24H23ClN2O6/c1-13(2)32-9-8-27-20(14-4-6-26-7-5-14)19(22(29)24(27)30)21(28)17-11-15-10-16(25)12-18(31-3)23(15)33-17/h4-7,10-13,20,29H,8-9H2,1-3H3. The van der Waals surface area contributed by atoms with Crippen molar-refractivity contribution in [3.05, 3.63) is 70.4 Å². The number of carbonyl (C=O) groups is 2. The molecule has 1 amide bonds. The molecule has 0 radical (unpaired) electrons. The second kappa shape index (κ2) is 9.25. The van der Waals surface area contributed by atoms with E-state index in [0.717, 1.165) is 0 Å². The molecule has 8 nitrogen and oxygen atoms in total. The Kier molecular flexibility index (Phi) is 6.40. The highest BCUT2D eigenvalue weighted by Gasteiger charge is 2.44. The highest BCUT2D eigenvalue weighted by molar-refractivity contribution is 6.31. The third kappa shape index (κ3) is 4.31. The number of hydrogen-bond donors (Lipinski definition) is 1. The molecule has 0 bridgehead atoms. The Morgan fingerprint density at radius 2 is 2.00 bits per heavy atom. The van der Waals surface area contributed by atoms with Crippen molar-refractivity contribution in [2.24, 2.45) is 0 Å². The maximum atomic E-state index is 13.6. The number of aliphatic hydroxyl groups excluding tert-OH is 1. The van der Waals surface area contributed by atoms with Crippen LogP contribution in [0, 0.1) is 0 Å². The van der Waals surface area contributed by atoms with Crippen LogP contribution < -0.4 is 4.74 Å². The molecule has 1 aliphatic heterocycles. The number of aromatic nitrogens is 1. The van der Waals surface area contributed by atoms with Gasteiger partial charge in [-0.1, -0.05) is 11.6 Å². The fourth-order valence-corrected chi connectivity index (χ4v) is 4.09. The molecular formula is C24H23ClN2O6. The molecule has 0 saturated heterocycles. The number of pyridine rings is 1. The first-order valence-corrected chi connectivity index (χ1v) is 10.8. The predicted octanol–water partition coefficient (Wildman–Crippen LogP) is 4.49. The second-order valence-corrected chi connectivity index (χ2v) is 8.27. The summed E-state index contributed by atoms with van der Waals surface area (Å²) < 4.78 is 16.7. The number of rotatable bonds is 8. The van der Waals surface area contributed by atoms with Crippen molar-refractivity contribution in [1.82, 2.24) is 9.88 Å². The van der Waals surface area contributed by atoms with Crippen molar-refractivity contribution in [2.75, 3.05) is 20.3 Å². The van der Waals surface area contributed by atoms with Crippen LogP contribution in [0.2, 0.25) is 5.02 Å². The first kappa shape index (κ1) is 22.8. The van der Waals surface area contributed by atoms with Crippen molar-refractivity contribution in [2.45, 2.75) is 26.0 Å². The Morgan fingerprint density at radius 1 is 1.27 bits per heavy atom. The number of methoxy groups -OCH3 is 1. The minimum Gasteiger partial charge on any atom is -0.503 e. The van der Waals surface area contributed by atoms with Gasteiger partial charge in [0.25, 0.3) is 5.91 Å². The minimum absolute atomic E-state index is 0.0258. The number of carbonyl (C=O) groups excluding carboxylic acids is 2. The van der Waals surface area contributed by atoms with Crippen LogP contribution in [-0.4, -0.2) is 53.0 Å². The van der Waals surface area contributed by atoms with Gasteiger partial charge in [0.05, 0.1) is 31.4 Å². The number of aliphatic hydroxyl groups is 1. The van der Waals surface area contributed by atoms with Crippen molar-refractivity contribution in [1.29, 1.82) is 0 Å². The fraction of sp³-hybridized carbons (Fsp3) is 0.292. The highest BCUT2D eigenvalue weighted by Crippen LogP contribution is 2.40. The summed E-state index contributed by atoms with van der Waals surface area (Å²) in [6.45, 7) is 4.21. The Bertz CT molecular complexity index is 1230. The van der Waals surface area contributed by atoms with Crippen molar-refractivity contribution in [3.8, 4) is 5.75 Å². The van der Waals surface area contributed by atoms with Gasteiger partial charge in [0.1, 0.15) is 0 Å². The zero-order valence-corrected chi connectivity index (χ0v) is 19.1. The third-order valence-corrected chi connectivity index (χ3v) is 5.56. The quantitative estimate of drug-likeness (QED) is 0.484. The first-order valence-electron chi connectivity index (χ1n) is 10.4. The lowest BCUT2D eigenvalue weighted by atomic mass is 9.96. The number of ether oxygens (including phenoxy) is 2. The van der Waals surface area contributed by atoms with E-state index in [4.69, 9.17) is 25.5 Å². The van der Waals surface area contributed by atoms with E-state index < -0.39 is 23.5 Å². The average Bonchev–Trinajstić information content (AvgIpc) is 3.33. The van der Waals surface area contributed by atoms with E-state index in [0.29, 0.717) is 27.3 Å². The van der Waals surface area contributed by atoms with Crippen LogP contribution in [0.15, 0.2) is 58.5 Å². The Balaban J connectivity index is 1.76. The van der Waals surface area contributed by atoms with E-state index in [9.17, 15) is 14.7 Å². The summed E-state index contributed by atoms with van der Waals surface area (Å²) in [5, 5.41) is 11.7. The van der Waals surface area contributed by atoms with Crippen LogP contribution in [0.1, 0.15) is 36.0 Å². The molecule has 1 aliphatic rings. The number of ketones is 1. The van der Waals surface area contributed by atoms with Crippen molar-refractivity contribution >= 4 is 34.3 Å². The zero-order valence-electron chi connectivity index (χ0n) is 18.4. The lowest BCUT2D eigenvalue weighted by Gasteiger charge is -2.26. The number of amides is 1. The van der Waals surface area contributed by atoms with Crippen LogP contribution >= 0.6 is 11.6 Å². The molecule has 33 heavy (non-hydrogen) atoms. The SMILES string of the molecule is COc1cc(Cl)cc2cc(C(=O)C3=C(O)C(=O)N(CCOC(C)C)C3c3ccncc3)oc12. The van der Waals surface area contributed by atoms with Crippen LogP contribution in [0.3, 0.4) is 0 Å². The van der Waals surface area contributed by atoms with Crippen LogP contribution in [-0.2, 0) is 9.53 Å². The van der Waals surface area contributed by atoms with Crippen LogP contribution in [0.4, 0.5) is 0 Å². The number of fused-ring (bicyclic) bond motifs is 1.